The number of hydrogen-bond donors (Lipinski definition) is 2. The lowest BCUT2D eigenvalue weighted by Gasteiger charge is -2.21. The standard InChI is InChI=1S/C14H20N2O3/c17-12-8-11(9-15-10-12)14(18)16-6-7-19-13-4-2-1-3-5-13/h8-10,13,17H,1-7H2,(H,16,18). The molecule has 19 heavy (non-hydrogen) atoms. The number of hydrogen-bond acceptors (Lipinski definition) is 4. The lowest BCUT2D eigenvalue weighted by Crippen LogP contribution is -2.29. The van der Waals surface area contributed by atoms with Crippen molar-refractivity contribution in [2.75, 3.05) is 13.2 Å². The minimum absolute atomic E-state index is 0.00824. The Bertz CT molecular complexity index is 417. The summed E-state index contributed by atoms with van der Waals surface area (Å²) >= 11 is 0. The van der Waals surface area contributed by atoms with Crippen LogP contribution in [0.4, 0.5) is 0 Å². The van der Waals surface area contributed by atoms with Gasteiger partial charge in [0.05, 0.1) is 24.5 Å². The first-order valence-corrected chi connectivity index (χ1v) is 6.79. The second-order valence-corrected chi connectivity index (χ2v) is 4.82. The van der Waals surface area contributed by atoms with Crippen molar-refractivity contribution in [1.29, 1.82) is 0 Å². The highest BCUT2D eigenvalue weighted by atomic mass is 16.5. The average Bonchev–Trinajstić information content (AvgIpc) is 2.44. The van der Waals surface area contributed by atoms with Gasteiger partial charge in [0.1, 0.15) is 5.75 Å². The molecule has 1 heterocycles. The van der Waals surface area contributed by atoms with Crippen LogP contribution in [0.1, 0.15) is 42.5 Å². The van der Waals surface area contributed by atoms with Crippen LogP contribution < -0.4 is 5.32 Å². The zero-order valence-electron chi connectivity index (χ0n) is 11.0. The summed E-state index contributed by atoms with van der Waals surface area (Å²) < 4.78 is 5.71. The molecule has 1 aliphatic carbocycles. The average molecular weight is 264 g/mol. The molecule has 0 spiro atoms. The van der Waals surface area contributed by atoms with Crippen LogP contribution in [0, 0.1) is 0 Å². The predicted octanol–water partition coefficient (Wildman–Crippen LogP) is 1.87. The topological polar surface area (TPSA) is 71.5 Å². The highest BCUT2D eigenvalue weighted by molar-refractivity contribution is 5.94. The lowest BCUT2D eigenvalue weighted by molar-refractivity contribution is 0.0299. The summed E-state index contributed by atoms with van der Waals surface area (Å²) in [5.74, 6) is -0.248. The molecule has 0 aliphatic heterocycles. The zero-order chi connectivity index (χ0) is 13.5. The molecule has 1 amide bonds. The monoisotopic (exact) mass is 264 g/mol. The fraction of sp³-hybridized carbons (Fsp3) is 0.571. The number of nitrogens with zero attached hydrogens (tertiary/aromatic N) is 1. The van der Waals surface area contributed by atoms with E-state index in [1.54, 1.807) is 0 Å². The molecular weight excluding hydrogens is 244 g/mol. The van der Waals surface area contributed by atoms with Crippen molar-refractivity contribution in [2.45, 2.75) is 38.2 Å². The van der Waals surface area contributed by atoms with Gasteiger partial charge >= 0.3 is 0 Å². The number of nitrogens with one attached hydrogen (secondary N) is 1. The number of aromatic nitrogens is 1. The van der Waals surface area contributed by atoms with E-state index in [-0.39, 0.29) is 11.7 Å². The first-order valence-electron chi connectivity index (χ1n) is 6.79. The summed E-state index contributed by atoms with van der Waals surface area (Å²) in [6.07, 6.45) is 9.13. The molecule has 5 heteroatoms. The number of pyridine rings is 1. The summed E-state index contributed by atoms with van der Waals surface area (Å²) in [4.78, 5) is 15.5. The molecule has 0 bridgehead atoms. The van der Waals surface area contributed by atoms with E-state index in [0.717, 1.165) is 12.8 Å². The molecule has 1 aromatic heterocycles. The van der Waals surface area contributed by atoms with E-state index in [1.165, 1.54) is 37.7 Å². The van der Waals surface area contributed by atoms with Crippen molar-refractivity contribution in [3.05, 3.63) is 24.0 Å². The predicted molar refractivity (Wildman–Crippen MR) is 71.1 cm³/mol. The normalized spacial score (nSPS) is 16.2. The highest BCUT2D eigenvalue weighted by Crippen LogP contribution is 2.19. The SMILES string of the molecule is O=C(NCCOC1CCCCC1)c1cncc(O)c1. The van der Waals surface area contributed by atoms with E-state index in [4.69, 9.17) is 4.74 Å². The first kappa shape index (κ1) is 13.8. The molecule has 0 atom stereocenters. The summed E-state index contributed by atoms with van der Waals surface area (Å²) in [5, 5.41) is 12.0. The van der Waals surface area contributed by atoms with E-state index in [0.29, 0.717) is 24.8 Å². The molecule has 1 fully saturated rings. The fourth-order valence-electron chi connectivity index (χ4n) is 2.28. The molecule has 2 rings (SSSR count). The van der Waals surface area contributed by atoms with Gasteiger partial charge in [0.25, 0.3) is 5.91 Å². The van der Waals surface area contributed by atoms with Gasteiger partial charge in [-0.25, -0.2) is 0 Å². The maximum atomic E-state index is 11.7. The van der Waals surface area contributed by atoms with Crippen LogP contribution in [0.25, 0.3) is 0 Å². The molecule has 0 radical (unpaired) electrons. The molecular formula is C14H20N2O3. The van der Waals surface area contributed by atoms with Crippen molar-refractivity contribution < 1.29 is 14.6 Å². The van der Waals surface area contributed by atoms with E-state index in [9.17, 15) is 9.90 Å². The van der Waals surface area contributed by atoms with Gasteiger partial charge in [0.2, 0.25) is 0 Å². The third-order valence-electron chi connectivity index (χ3n) is 3.28. The van der Waals surface area contributed by atoms with Crippen molar-refractivity contribution >= 4 is 5.91 Å². The molecule has 0 unspecified atom stereocenters. The van der Waals surface area contributed by atoms with E-state index in [1.807, 2.05) is 0 Å². The summed E-state index contributed by atoms with van der Waals surface area (Å²) in [5.41, 5.74) is 0.359. The lowest BCUT2D eigenvalue weighted by atomic mass is 9.98. The maximum absolute atomic E-state index is 11.7. The van der Waals surface area contributed by atoms with Gasteiger partial charge in [-0.1, -0.05) is 19.3 Å². The van der Waals surface area contributed by atoms with Crippen LogP contribution in [0.2, 0.25) is 0 Å². The van der Waals surface area contributed by atoms with Crippen LogP contribution in [0.15, 0.2) is 18.5 Å². The van der Waals surface area contributed by atoms with Gasteiger partial charge in [-0.05, 0) is 18.9 Å². The third-order valence-corrected chi connectivity index (χ3v) is 3.28. The van der Waals surface area contributed by atoms with Gasteiger partial charge in [0.15, 0.2) is 0 Å². The minimum Gasteiger partial charge on any atom is -0.506 e. The maximum Gasteiger partial charge on any atom is 0.253 e. The molecule has 1 saturated carbocycles. The number of aromatic hydroxyl groups is 1. The zero-order valence-corrected chi connectivity index (χ0v) is 11.0. The molecule has 0 saturated heterocycles. The Kier molecular flexibility index (Phi) is 5.15. The Balaban J connectivity index is 1.66. The van der Waals surface area contributed by atoms with Crippen molar-refractivity contribution in [3.63, 3.8) is 0 Å². The Hall–Kier alpha value is -1.62. The van der Waals surface area contributed by atoms with Crippen molar-refractivity contribution in [3.8, 4) is 5.75 Å². The Morgan fingerprint density at radius 2 is 2.16 bits per heavy atom. The molecule has 1 aliphatic rings. The van der Waals surface area contributed by atoms with Gasteiger partial charge < -0.3 is 15.2 Å². The number of rotatable bonds is 5. The van der Waals surface area contributed by atoms with Crippen molar-refractivity contribution in [1.82, 2.24) is 10.3 Å². The summed E-state index contributed by atoms with van der Waals surface area (Å²) in [7, 11) is 0. The number of carbonyl (C=O) groups is 1. The summed E-state index contributed by atoms with van der Waals surface area (Å²) in [6.45, 7) is 1.01. The molecule has 0 aromatic carbocycles. The smallest absolute Gasteiger partial charge is 0.253 e. The van der Waals surface area contributed by atoms with Gasteiger partial charge in [-0.2, -0.15) is 0 Å². The van der Waals surface area contributed by atoms with Crippen molar-refractivity contribution in [2.24, 2.45) is 0 Å². The Labute approximate surface area is 113 Å². The van der Waals surface area contributed by atoms with Crippen LogP contribution in [-0.2, 0) is 4.74 Å². The first-order chi connectivity index (χ1) is 9.25. The van der Waals surface area contributed by atoms with E-state index in [2.05, 4.69) is 10.3 Å². The second kappa shape index (κ2) is 7.09. The second-order valence-electron chi connectivity index (χ2n) is 4.82. The Morgan fingerprint density at radius 1 is 1.37 bits per heavy atom. The van der Waals surface area contributed by atoms with Crippen LogP contribution in [-0.4, -0.2) is 35.3 Å². The highest BCUT2D eigenvalue weighted by Gasteiger charge is 2.13. The summed E-state index contributed by atoms with van der Waals surface area (Å²) in [6, 6.07) is 1.39. The van der Waals surface area contributed by atoms with Crippen LogP contribution in [0.3, 0.4) is 0 Å². The van der Waals surface area contributed by atoms with E-state index >= 15 is 0 Å². The van der Waals surface area contributed by atoms with Gasteiger partial charge in [0, 0.05) is 12.7 Å². The number of carbonyl (C=O) groups excluding carboxylic acids is 1. The minimum atomic E-state index is -0.240. The van der Waals surface area contributed by atoms with Crippen LogP contribution >= 0.6 is 0 Å². The number of amides is 1. The molecule has 104 valence electrons. The van der Waals surface area contributed by atoms with Gasteiger partial charge in [-0.3, -0.25) is 9.78 Å². The molecule has 1 aromatic rings. The van der Waals surface area contributed by atoms with Crippen LogP contribution in [0.5, 0.6) is 5.75 Å². The van der Waals surface area contributed by atoms with Gasteiger partial charge in [-0.15, -0.1) is 0 Å². The third kappa shape index (κ3) is 4.52. The fourth-order valence-corrected chi connectivity index (χ4v) is 2.28. The Morgan fingerprint density at radius 3 is 2.89 bits per heavy atom. The quantitative estimate of drug-likeness (QED) is 0.796. The van der Waals surface area contributed by atoms with E-state index < -0.39 is 0 Å². The molecule has 5 nitrogen and oxygen atoms in total. The largest absolute Gasteiger partial charge is 0.506 e. The number of ether oxygens (including phenoxy) is 1. The molecule has 2 N–H and O–H groups in total.